The maximum Gasteiger partial charge on any atom is 0.264 e. The Morgan fingerprint density at radius 1 is 1.19 bits per heavy atom. The SMILES string of the molecule is CCOc1ccc(NC(=O)CSc2nnc(N/N=C/c3ccc(N(C)C)cc3)n2N)cc1. The first-order valence-corrected chi connectivity index (χ1v) is 10.9. The average Bonchev–Trinajstić information content (AvgIpc) is 3.13. The molecule has 1 aromatic heterocycles. The van der Waals surface area contributed by atoms with Crippen molar-refractivity contribution in [2.45, 2.75) is 12.1 Å². The molecule has 0 unspecified atom stereocenters. The van der Waals surface area contributed by atoms with Gasteiger partial charge in [0.05, 0.1) is 18.6 Å². The van der Waals surface area contributed by atoms with Gasteiger partial charge in [0.1, 0.15) is 5.75 Å². The zero-order valence-corrected chi connectivity index (χ0v) is 19.0. The van der Waals surface area contributed by atoms with Crippen molar-refractivity contribution in [3.63, 3.8) is 0 Å². The summed E-state index contributed by atoms with van der Waals surface area (Å²) in [4.78, 5) is 14.2. The molecule has 10 nitrogen and oxygen atoms in total. The van der Waals surface area contributed by atoms with Gasteiger partial charge in [0.15, 0.2) is 0 Å². The molecule has 4 N–H and O–H groups in total. The lowest BCUT2D eigenvalue weighted by atomic mass is 10.2. The Hall–Kier alpha value is -3.73. The highest BCUT2D eigenvalue weighted by Gasteiger charge is 2.12. The number of carbonyl (C=O) groups is 1. The summed E-state index contributed by atoms with van der Waals surface area (Å²) >= 11 is 1.17. The fourth-order valence-corrected chi connectivity index (χ4v) is 3.26. The number of hydrogen-bond acceptors (Lipinski definition) is 9. The number of nitrogens with two attached hydrogens (primary N) is 1. The first-order chi connectivity index (χ1) is 15.5. The highest BCUT2D eigenvalue weighted by atomic mass is 32.2. The van der Waals surface area contributed by atoms with E-state index in [9.17, 15) is 4.79 Å². The van der Waals surface area contributed by atoms with Crippen molar-refractivity contribution in [3.05, 3.63) is 54.1 Å². The molecule has 0 atom stereocenters. The topological polar surface area (TPSA) is 123 Å². The smallest absolute Gasteiger partial charge is 0.264 e. The van der Waals surface area contributed by atoms with Gasteiger partial charge in [-0.3, -0.25) is 4.79 Å². The zero-order chi connectivity index (χ0) is 22.9. The second-order valence-corrected chi connectivity index (χ2v) is 7.77. The summed E-state index contributed by atoms with van der Waals surface area (Å²) in [6, 6.07) is 15.1. The molecule has 168 valence electrons. The number of amides is 1. The Morgan fingerprint density at radius 3 is 2.56 bits per heavy atom. The van der Waals surface area contributed by atoms with Gasteiger partial charge < -0.3 is 20.8 Å². The Bertz CT molecular complexity index is 1050. The van der Waals surface area contributed by atoms with E-state index >= 15 is 0 Å². The van der Waals surface area contributed by atoms with Gasteiger partial charge >= 0.3 is 0 Å². The van der Waals surface area contributed by atoms with Crippen LogP contribution in [0.3, 0.4) is 0 Å². The molecule has 0 spiro atoms. The lowest BCUT2D eigenvalue weighted by molar-refractivity contribution is -0.113. The average molecular weight is 455 g/mol. The minimum Gasteiger partial charge on any atom is -0.494 e. The van der Waals surface area contributed by atoms with Gasteiger partial charge in [0.25, 0.3) is 5.95 Å². The van der Waals surface area contributed by atoms with Crippen molar-refractivity contribution in [1.82, 2.24) is 14.9 Å². The highest BCUT2D eigenvalue weighted by molar-refractivity contribution is 7.99. The molecule has 2 aromatic carbocycles. The maximum absolute atomic E-state index is 12.2. The molecule has 0 bridgehead atoms. The second kappa shape index (κ2) is 11.0. The van der Waals surface area contributed by atoms with Gasteiger partial charge in [-0.25, -0.2) is 10.1 Å². The minimum atomic E-state index is -0.184. The third-order valence-electron chi connectivity index (χ3n) is 4.23. The molecule has 0 saturated carbocycles. The first kappa shape index (κ1) is 22.9. The molecule has 0 aliphatic rings. The van der Waals surface area contributed by atoms with Crippen molar-refractivity contribution < 1.29 is 9.53 Å². The number of nitrogen functional groups attached to an aromatic ring is 1. The monoisotopic (exact) mass is 454 g/mol. The van der Waals surface area contributed by atoms with E-state index in [1.54, 1.807) is 30.5 Å². The fourth-order valence-electron chi connectivity index (χ4n) is 2.60. The van der Waals surface area contributed by atoms with Crippen LogP contribution in [0.4, 0.5) is 17.3 Å². The maximum atomic E-state index is 12.2. The lowest BCUT2D eigenvalue weighted by Gasteiger charge is -2.11. The summed E-state index contributed by atoms with van der Waals surface area (Å²) < 4.78 is 6.64. The van der Waals surface area contributed by atoms with Crippen LogP contribution in [0.1, 0.15) is 12.5 Å². The fraction of sp³-hybridized carbons (Fsp3) is 0.238. The number of anilines is 3. The molecular formula is C21H26N8O2S. The van der Waals surface area contributed by atoms with Crippen LogP contribution in [-0.2, 0) is 4.79 Å². The summed E-state index contributed by atoms with van der Waals surface area (Å²) in [5.41, 5.74) is 5.47. The lowest BCUT2D eigenvalue weighted by Crippen LogP contribution is -2.16. The van der Waals surface area contributed by atoms with Gasteiger partial charge in [-0.15, -0.1) is 10.2 Å². The van der Waals surface area contributed by atoms with Crippen molar-refractivity contribution in [2.75, 3.05) is 47.9 Å². The standard InChI is InChI=1S/C21H26N8O2S/c1-4-31-18-11-7-16(8-12-18)24-19(30)14-32-21-27-26-20(29(21)22)25-23-13-15-5-9-17(10-6-15)28(2)3/h5-13H,4,14,22H2,1-3H3,(H,24,30)(H,25,26)/b23-13+. The van der Waals surface area contributed by atoms with E-state index in [4.69, 9.17) is 10.6 Å². The van der Waals surface area contributed by atoms with Gasteiger partial charge in [0.2, 0.25) is 11.1 Å². The molecule has 32 heavy (non-hydrogen) atoms. The minimum absolute atomic E-state index is 0.129. The second-order valence-electron chi connectivity index (χ2n) is 6.83. The number of hydrazone groups is 1. The molecular weight excluding hydrogens is 428 g/mol. The molecule has 1 amide bonds. The van der Waals surface area contributed by atoms with Crippen LogP contribution < -0.4 is 26.2 Å². The molecule has 0 aliphatic carbocycles. The molecule has 0 radical (unpaired) electrons. The summed E-state index contributed by atoms with van der Waals surface area (Å²) in [6.45, 7) is 2.51. The van der Waals surface area contributed by atoms with Gasteiger partial charge in [-0.2, -0.15) is 5.10 Å². The van der Waals surface area contributed by atoms with Gasteiger partial charge in [0, 0.05) is 25.5 Å². The van der Waals surface area contributed by atoms with Crippen LogP contribution >= 0.6 is 11.8 Å². The van der Waals surface area contributed by atoms with Gasteiger partial charge in [-0.1, -0.05) is 23.9 Å². The normalized spacial score (nSPS) is 10.8. The van der Waals surface area contributed by atoms with E-state index in [2.05, 4.69) is 26.0 Å². The highest BCUT2D eigenvalue weighted by Crippen LogP contribution is 2.19. The van der Waals surface area contributed by atoms with Crippen LogP contribution in [0, 0.1) is 0 Å². The van der Waals surface area contributed by atoms with Crippen LogP contribution in [0.15, 0.2) is 58.8 Å². The molecule has 1 heterocycles. The summed E-state index contributed by atoms with van der Waals surface area (Å²) in [7, 11) is 3.97. The molecule has 0 aliphatic heterocycles. The quantitative estimate of drug-likeness (QED) is 0.185. The largest absolute Gasteiger partial charge is 0.494 e. The van der Waals surface area contributed by atoms with E-state index in [1.807, 2.05) is 50.2 Å². The van der Waals surface area contributed by atoms with Crippen molar-refractivity contribution in [2.24, 2.45) is 5.10 Å². The Labute approximate surface area is 190 Å². The van der Waals surface area contributed by atoms with Crippen LogP contribution in [0.2, 0.25) is 0 Å². The predicted octanol–water partition coefficient (Wildman–Crippen LogP) is 2.63. The van der Waals surface area contributed by atoms with E-state index in [1.165, 1.54) is 16.4 Å². The Balaban J connectivity index is 1.49. The number of aromatic nitrogens is 3. The Kier molecular flexibility index (Phi) is 7.92. The Morgan fingerprint density at radius 2 is 1.91 bits per heavy atom. The number of nitrogens with one attached hydrogen (secondary N) is 2. The number of hydrogen-bond donors (Lipinski definition) is 3. The third kappa shape index (κ3) is 6.38. The van der Waals surface area contributed by atoms with Crippen LogP contribution in [0.5, 0.6) is 5.75 Å². The zero-order valence-electron chi connectivity index (χ0n) is 18.1. The molecule has 0 fully saturated rings. The number of carbonyl (C=O) groups excluding carboxylic acids is 1. The molecule has 3 rings (SSSR count). The molecule has 0 saturated heterocycles. The van der Waals surface area contributed by atoms with Gasteiger partial charge in [-0.05, 0) is 48.9 Å². The molecule has 11 heteroatoms. The van der Waals surface area contributed by atoms with Crippen LogP contribution in [-0.4, -0.2) is 53.5 Å². The first-order valence-electron chi connectivity index (χ1n) is 9.88. The summed E-state index contributed by atoms with van der Waals surface area (Å²) in [5.74, 6) is 6.97. The summed E-state index contributed by atoms with van der Waals surface area (Å²) in [6.07, 6.45) is 1.66. The number of nitrogens with zero attached hydrogens (tertiary/aromatic N) is 5. The number of benzene rings is 2. The van der Waals surface area contributed by atoms with Crippen molar-refractivity contribution in [1.29, 1.82) is 0 Å². The van der Waals surface area contributed by atoms with Crippen LogP contribution in [0.25, 0.3) is 0 Å². The van der Waals surface area contributed by atoms with E-state index in [0.717, 1.165) is 17.0 Å². The number of rotatable bonds is 10. The van der Waals surface area contributed by atoms with Crippen molar-refractivity contribution in [3.8, 4) is 5.75 Å². The van der Waals surface area contributed by atoms with E-state index in [0.29, 0.717) is 17.5 Å². The van der Waals surface area contributed by atoms with Crippen molar-refractivity contribution >= 4 is 41.2 Å². The van der Waals surface area contributed by atoms with E-state index < -0.39 is 0 Å². The van der Waals surface area contributed by atoms with E-state index in [-0.39, 0.29) is 17.6 Å². The molecule has 3 aromatic rings. The third-order valence-corrected chi connectivity index (χ3v) is 5.18. The number of thioether (sulfide) groups is 1. The predicted molar refractivity (Wildman–Crippen MR) is 129 cm³/mol. The number of ether oxygens (including phenoxy) is 1. The summed E-state index contributed by atoms with van der Waals surface area (Å²) in [5, 5.41) is 15.3.